The van der Waals surface area contributed by atoms with E-state index in [0.29, 0.717) is 6.07 Å². The average molecular weight is 465 g/mol. The van der Waals surface area contributed by atoms with Gasteiger partial charge in [-0.2, -0.15) is 9.40 Å². The Balaban J connectivity index is 1.38. The quantitative estimate of drug-likeness (QED) is 0.625. The molecule has 168 valence electrons. The van der Waals surface area contributed by atoms with Crippen molar-refractivity contribution in [1.29, 1.82) is 0 Å². The second-order valence-corrected chi connectivity index (χ2v) is 9.19. The second kappa shape index (κ2) is 8.71. The van der Waals surface area contributed by atoms with Crippen molar-refractivity contribution in [3.8, 4) is 5.69 Å². The minimum absolute atomic E-state index is 0.0407. The lowest BCUT2D eigenvalue weighted by Gasteiger charge is -2.30. The highest BCUT2D eigenvalue weighted by molar-refractivity contribution is 7.89. The first kappa shape index (κ1) is 22.0. The van der Waals surface area contributed by atoms with Crippen molar-refractivity contribution in [3.05, 3.63) is 66.5 Å². The van der Waals surface area contributed by atoms with Crippen LogP contribution in [0.5, 0.6) is 0 Å². The molecule has 1 aromatic heterocycles. The van der Waals surface area contributed by atoms with Gasteiger partial charge in [-0.25, -0.2) is 31.3 Å². The molecule has 0 aliphatic carbocycles. The summed E-state index contributed by atoms with van der Waals surface area (Å²) in [5.74, 6) is -3.82. The molecule has 1 aliphatic rings. The van der Waals surface area contributed by atoms with Gasteiger partial charge in [-0.15, -0.1) is 0 Å². The zero-order chi connectivity index (χ0) is 22.9. The SMILES string of the molecule is O=C(Nc1ccc(-n2cncn2)c(F)c1)C1CCN(S(=O)(=O)c2ccc(F)c(F)c2)CC1. The normalized spacial score (nSPS) is 15.6. The van der Waals surface area contributed by atoms with Crippen molar-refractivity contribution in [2.45, 2.75) is 17.7 Å². The lowest BCUT2D eigenvalue weighted by Crippen LogP contribution is -2.41. The van der Waals surface area contributed by atoms with Crippen LogP contribution in [-0.2, 0) is 14.8 Å². The van der Waals surface area contributed by atoms with Crippen molar-refractivity contribution in [2.75, 3.05) is 18.4 Å². The summed E-state index contributed by atoms with van der Waals surface area (Å²) < 4.78 is 68.6. The Hall–Kier alpha value is -3.25. The van der Waals surface area contributed by atoms with E-state index >= 15 is 0 Å². The third-order valence-corrected chi connectivity index (χ3v) is 7.13. The average Bonchev–Trinajstić information content (AvgIpc) is 3.30. The number of anilines is 1. The van der Waals surface area contributed by atoms with Crippen LogP contribution >= 0.6 is 0 Å². The highest BCUT2D eigenvalue weighted by atomic mass is 32.2. The van der Waals surface area contributed by atoms with Crippen LogP contribution < -0.4 is 5.32 Å². The number of aromatic nitrogens is 3. The van der Waals surface area contributed by atoms with E-state index < -0.39 is 33.4 Å². The fourth-order valence-electron chi connectivity index (χ4n) is 3.49. The Morgan fingerprint density at radius 1 is 1.00 bits per heavy atom. The molecule has 8 nitrogen and oxygen atoms in total. The highest BCUT2D eigenvalue weighted by Crippen LogP contribution is 2.26. The Morgan fingerprint density at radius 3 is 2.38 bits per heavy atom. The minimum Gasteiger partial charge on any atom is -0.326 e. The summed E-state index contributed by atoms with van der Waals surface area (Å²) in [5, 5.41) is 6.49. The molecule has 1 aliphatic heterocycles. The number of hydrogen-bond acceptors (Lipinski definition) is 5. The molecule has 0 saturated carbocycles. The van der Waals surface area contributed by atoms with Crippen LogP contribution in [-0.4, -0.2) is 46.5 Å². The summed E-state index contributed by atoms with van der Waals surface area (Å²) in [6, 6.07) is 6.55. The third-order valence-electron chi connectivity index (χ3n) is 5.23. The first-order valence-electron chi connectivity index (χ1n) is 9.66. The molecule has 12 heteroatoms. The standard InChI is InChI=1S/C20H18F3N5O3S/c21-16-3-2-15(10-17(16)22)32(30,31)27-7-5-13(6-8-27)20(29)26-14-1-4-19(18(23)9-14)28-12-24-11-25-28/h1-4,9-13H,5-8H2,(H,26,29). The van der Waals surface area contributed by atoms with Crippen LogP contribution in [0.4, 0.5) is 18.9 Å². The number of piperidine rings is 1. The molecule has 1 saturated heterocycles. The molecule has 32 heavy (non-hydrogen) atoms. The monoisotopic (exact) mass is 465 g/mol. The van der Waals surface area contributed by atoms with Gasteiger partial charge in [0.05, 0.1) is 4.90 Å². The van der Waals surface area contributed by atoms with E-state index in [4.69, 9.17) is 0 Å². The number of benzene rings is 2. The van der Waals surface area contributed by atoms with Crippen LogP contribution in [0.25, 0.3) is 5.69 Å². The lowest BCUT2D eigenvalue weighted by atomic mass is 9.97. The first-order chi connectivity index (χ1) is 15.3. The number of rotatable bonds is 5. The topological polar surface area (TPSA) is 97.2 Å². The number of hydrogen-bond donors (Lipinski definition) is 1. The van der Waals surface area contributed by atoms with E-state index in [2.05, 4.69) is 15.4 Å². The maximum absolute atomic E-state index is 14.3. The molecular formula is C20H18F3N5O3S. The van der Waals surface area contributed by atoms with Crippen LogP contribution in [0.3, 0.4) is 0 Å². The van der Waals surface area contributed by atoms with Crippen molar-refractivity contribution in [2.24, 2.45) is 5.92 Å². The Bertz CT molecular complexity index is 1240. The molecule has 0 spiro atoms. The molecule has 0 unspecified atom stereocenters. The van der Waals surface area contributed by atoms with Crippen LogP contribution in [0, 0.1) is 23.4 Å². The van der Waals surface area contributed by atoms with Gasteiger partial charge in [0, 0.05) is 24.7 Å². The van der Waals surface area contributed by atoms with Gasteiger partial charge in [0.2, 0.25) is 15.9 Å². The molecule has 0 bridgehead atoms. The number of carbonyl (C=O) groups excluding carboxylic acids is 1. The highest BCUT2D eigenvalue weighted by Gasteiger charge is 2.32. The summed E-state index contributed by atoms with van der Waals surface area (Å²) in [7, 11) is -4.01. The summed E-state index contributed by atoms with van der Waals surface area (Å²) in [6.45, 7) is 0.0814. The number of nitrogens with zero attached hydrogens (tertiary/aromatic N) is 4. The van der Waals surface area contributed by atoms with Crippen LogP contribution in [0.15, 0.2) is 53.9 Å². The maximum Gasteiger partial charge on any atom is 0.243 e. The molecule has 2 heterocycles. The second-order valence-electron chi connectivity index (χ2n) is 7.25. The van der Waals surface area contributed by atoms with Crippen LogP contribution in [0.2, 0.25) is 0 Å². The predicted octanol–water partition coefficient (Wildman–Crippen LogP) is 2.72. The van der Waals surface area contributed by atoms with Gasteiger partial charge in [-0.05, 0) is 49.2 Å². The molecule has 0 radical (unpaired) electrons. The summed E-state index contributed by atoms with van der Waals surface area (Å²) in [4.78, 5) is 16.0. The number of amides is 1. The van der Waals surface area contributed by atoms with E-state index in [0.717, 1.165) is 22.5 Å². The number of nitrogens with one attached hydrogen (secondary N) is 1. The van der Waals surface area contributed by atoms with Gasteiger partial charge < -0.3 is 5.32 Å². The molecule has 1 amide bonds. The van der Waals surface area contributed by atoms with Gasteiger partial charge in [0.25, 0.3) is 0 Å². The Labute approximate surface area is 181 Å². The first-order valence-corrected chi connectivity index (χ1v) is 11.1. The molecular weight excluding hydrogens is 447 g/mol. The van der Waals surface area contributed by atoms with Crippen molar-refractivity contribution >= 4 is 21.6 Å². The Morgan fingerprint density at radius 2 is 1.75 bits per heavy atom. The summed E-state index contributed by atoms with van der Waals surface area (Å²) in [5.41, 5.74) is 0.435. The van der Waals surface area contributed by atoms with E-state index in [-0.39, 0.29) is 48.1 Å². The van der Waals surface area contributed by atoms with Gasteiger partial charge >= 0.3 is 0 Å². The fourth-order valence-corrected chi connectivity index (χ4v) is 4.97. The third kappa shape index (κ3) is 4.36. The van der Waals surface area contributed by atoms with Gasteiger partial charge in [-0.3, -0.25) is 4.79 Å². The van der Waals surface area contributed by atoms with Crippen molar-refractivity contribution in [1.82, 2.24) is 19.1 Å². The fraction of sp³-hybridized carbons (Fsp3) is 0.250. The molecule has 3 aromatic rings. The lowest BCUT2D eigenvalue weighted by molar-refractivity contribution is -0.120. The van der Waals surface area contributed by atoms with Crippen LogP contribution in [0.1, 0.15) is 12.8 Å². The summed E-state index contributed by atoms with van der Waals surface area (Å²) >= 11 is 0. The zero-order valence-electron chi connectivity index (χ0n) is 16.6. The predicted molar refractivity (Wildman–Crippen MR) is 108 cm³/mol. The zero-order valence-corrected chi connectivity index (χ0v) is 17.4. The summed E-state index contributed by atoms with van der Waals surface area (Å²) in [6.07, 6.45) is 3.08. The number of carbonyl (C=O) groups is 1. The van der Waals surface area contributed by atoms with Gasteiger partial charge in [-0.1, -0.05) is 0 Å². The minimum atomic E-state index is -4.01. The molecule has 0 atom stereocenters. The van der Waals surface area contributed by atoms with Gasteiger partial charge in [0.15, 0.2) is 17.5 Å². The molecule has 1 fully saturated rings. The van der Waals surface area contributed by atoms with Crippen molar-refractivity contribution in [3.63, 3.8) is 0 Å². The Kier molecular flexibility index (Phi) is 5.98. The van der Waals surface area contributed by atoms with Gasteiger partial charge in [0.1, 0.15) is 18.3 Å². The maximum atomic E-state index is 14.3. The number of sulfonamides is 1. The molecule has 2 aromatic carbocycles. The van der Waals surface area contributed by atoms with E-state index in [1.54, 1.807) is 0 Å². The van der Waals surface area contributed by atoms with E-state index in [9.17, 15) is 26.4 Å². The molecule has 1 N–H and O–H groups in total. The number of halogens is 3. The largest absolute Gasteiger partial charge is 0.326 e. The smallest absolute Gasteiger partial charge is 0.243 e. The van der Waals surface area contributed by atoms with E-state index in [1.807, 2.05) is 0 Å². The molecule has 4 rings (SSSR count). The van der Waals surface area contributed by atoms with E-state index in [1.165, 1.54) is 29.5 Å². The van der Waals surface area contributed by atoms with Crippen molar-refractivity contribution < 1.29 is 26.4 Å².